The van der Waals surface area contributed by atoms with Gasteiger partial charge in [0.25, 0.3) is 5.91 Å². The number of ether oxygens (including phenoxy) is 1. The molecule has 0 aromatic heterocycles. The highest BCUT2D eigenvalue weighted by molar-refractivity contribution is 9.09. The predicted molar refractivity (Wildman–Crippen MR) is 80.0 cm³/mol. The summed E-state index contributed by atoms with van der Waals surface area (Å²) in [5, 5.41) is 0.760. The molecule has 1 aromatic carbocycles. The zero-order valence-electron chi connectivity index (χ0n) is 11.3. The third-order valence-corrected chi connectivity index (χ3v) is 3.72. The second-order valence-corrected chi connectivity index (χ2v) is 5.83. The minimum absolute atomic E-state index is 0.0942. The average Bonchev–Trinajstić information content (AvgIpc) is 2.44. The SMILES string of the molecule is CC1CCCN(C(=O)c2ccccc2OCCBr)C1. The van der Waals surface area contributed by atoms with Crippen molar-refractivity contribution >= 4 is 21.8 Å². The lowest BCUT2D eigenvalue weighted by molar-refractivity contribution is 0.0679. The van der Waals surface area contributed by atoms with Gasteiger partial charge < -0.3 is 9.64 Å². The minimum atomic E-state index is 0.0942. The number of piperidine rings is 1. The number of alkyl halides is 1. The first kappa shape index (κ1) is 14.4. The number of rotatable bonds is 4. The molecule has 1 atom stereocenters. The van der Waals surface area contributed by atoms with Gasteiger partial charge in [0.15, 0.2) is 0 Å². The summed E-state index contributed by atoms with van der Waals surface area (Å²) in [6, 6.07) is 7.51. The topological polar surface area (TPSA) is 29.5 Å². The second kappa shape index (κ2) is 6.94. The van der Waals surface area contributed by atoms with Crippen molar-refractivity contribution in [3.05, 3.63) is 29.8 Å². The van der Waals surface area contributed by atoms with Crippen LogP contribution in [0.3, 0.4) is 0 Å². The largest absolute Gasteiger partial charge is 0.492 e. The highest BCUT2D eigenvalue weighted by Gasteiger charge is 2.24. The molecule has 1 unspecified atom stereocenters. The van der Waals surface area contributed by atoms with Gasteiger partial charge in [0.05, 0.1) is 12.2 Å². The van der Waals surface area contributed by atoms with Gasteiger partial charge in [-0.3, -0.25) is 4.79 Å². The molecule has 0 radical (unpaired) electrons. The van der Waals surface area contributed by atoms with E-state index in [9.17, 15) is 4.79 Å². The zero-order valence-corrected chi connectivity index (χ0v) is 12.9. The number of likely N-dealkylation sites (tertiary alicyclic amines) is 1. The Bertz CT molecular complexity index is 436. The van der Waals surface area contributed by atoms with Gasteiger partial charge in [-0.1, -0.05) is 35.0 Å². The number of amides is 1. The fourth-order valence-electron chi connectivity index (χ4n) is 2.46. The average molecular weight is 326 g/mol. The molecule has 1 heterocycles. The minimum Gasteiger partial charge on any atom is -0.492 e. The normalized spacial score (nSPS) is 19.3. The second-order valence-electron chi connectivity index (χ2n) is 5.03. The van der Waals surface area contributed by atoms with E-state index in [1.807, 2.05) is 29.2 Å². The van der Waals surface area contributed by atoms with E-state index >= 15 is 0 Å². The van der Waals surface area contributed by atoms with Crippen molar-refractivity contribution < 1.29 is 9.53 Å². The van der Waals surface area contributed by atoms with Gasteiger partial charge >= 0.3 is 0 Å². The standard InChI is InChI=1S/C15H20BrNO2/c1-12-5-4-9-17(11-12)15(18)13-6-2-3-7-14(13)19-10-8-16/h2-3,6-7,12H,4-5,8-11H2,1H3. The number of nitrogens with zero attached hydrogens (tertiary/aromatic N) is 1. The fourth-order valence-corrected chi connectivity index (χ4v) is 2.62. The van der Waals surface area contributed by atoms with Crippen LogP contribution < -0.4 is 4.74 Å². The van der Waals surface area contributed by atoms with Crippen molar-refractivity contribution in [2.24, 2.45) is 5.92 Å². The van der Waals surface area contributed by atoms with E-state index in [-0.39, 0.29) is 5.91 Å². The number of halogens is 1. The van der Waals surface area contributed by atoms with Gasteiger partial charge in [0.2, 0.25) is 0 Å². The van der Waals surface area contributed by atoms with Gasteiger partial charge in [-0.2, -0.15) is 0 Å². The van der Waals surface area contributed by atoms with E-state index < -0.39 is 0 Å². The highest BCUT2D eigenvalue weighted by atomic mass is 79.9. The van der Waals surface area contributed by atoms with Crippen molar-refractivity contribution in [3.8, 4) is 5.75 Å². The summed E-state index contributed by atoms with van der Waals surface area (Å²) < 4.78 is 5.63. The van der Waals surface area contributed by atoms with Crippen LogP contribution in [0.25, 0.3) is 0 Å². The molecule has 0 bridgehead atoms. The van der Waals surface area contributed by atoms with E-state index in [0.29, 0.717) is 23.8 Å². The summed E-state index contributed by atoms with van der Waals surface area (Å²) >= 11 is 3.33. The number of para-hydroxylation sites is 1. The summed E-state index contributed by atoms with van der Waals surface area (Å²) in [6.07, 6.45) is 2.31. The molecule has 4 heteroatoms. The van der Waals surface area contributed by atoms with Crippen molar-refractivity contribution in [2.75, 3.05) is 25.0 Å². The predicted octanol–water partition coefficient (Wildman–Crippen LogP) is 3.33. The molecule has 0 aliphatic carbocycles. The molecule has 0 N–H and O–H groups in total. The van der Waals surface area contributed by atoms with Crippen LogP contribution in [0, 0.1) is 5.92 Å². The first-order valence-electron chi connectivity index (χ1n) is 6.79. The monoisotopic (exact) mass is 325 g/mol. The Morgan fingerprint density at radius 1 is 1.47 bits per heavy atom. The first-order valence-corrected chi connectivity index (χ1v) is 7.91. The molecular formula is C15H20BrNO2. The maximum Gasteiger partial charge on any atom is 0.257 e. The van der Waals surface area contributed by atoms with E-state index in [0.717, 1.165) is 24.8 Å². The number of hydrogen-bond donors (Lipinski definition) is 0. The van der Waals surface area contributed by atoms with E-state index in [1.165, 1.54) is 6.42 Å². The van der Waals surface area contributed by atoms with E-state index in [4.69, 9.17) is 4.74 Å². The Kier molecular flexibility index (Phi) is 5.25. The van der Waals surface area contributed by atoms with Crippen molar-refractivity contribution in [1.82, 2.24) is 4.90 Å². The number of carbonyl (C=O) groups is 1. The first-order chi connectivity index (χ1) is 9.22. The zero-order chi connectivity index (χ0) is 13.7. The van der Waals surface area contributed by atoms with E-state index in [1.54, 1.807) is 0 Å². The van der Waals surface area contributed by atoms with Crippen LogP contribution in [0.1, 0.15) is 30.1 Å². The lowest BCUT2D eigenvalue weighted by Gasteiger charge is -2.31. The fraction of sp³-hybridized carbons (Fsp3) is 0.533. The summed E-state index contributed by atoms with van der Waals surface area (Å²) in [6.45, 7) is 4.48. The maximum absolute atomic E-state index is 12.6. The van der Waals surface area contributed by atoms with E-state index in [2.05, 4.69) is 22.9 Å². The van der Waals surface area contributed by atoms with Gasteiger partial charge in [0, 0.05) is 18.4 Å². The van der Waals surface area contributed by atoms with Crippen LogP contribution in [-0.4, -0.2) is 35.8 Å². The molecule has 1 saturated heterocycles. The van der Waals surface area contributed by atoms with Crippen LogP contribution in [-0.2, 0) is 0 Å². The molecule has 19 heavy (non-hydrogen) atoms. The van der Waals surface area contributed by atoms with Crippen LogP contribution in [0.2, 0.25) is 0 Å². The maximum atomic E-state index is 12.6. The molecule has 0 spiro atoms. The Balaban J connectivity index is 2.13. The third kappa shape index (κ3) is 3.72. The van der Waals surface area contributed by atoms with Gasteiger partial charge in [-0.25, -0.2) is 0 Å². The lowest BCUT2D eigenvalue weighted by Crippen LogP contribution is -2.39. The molecule has 1 aliphatic rings. The van der Waals surface area contributed by atoms with Crippen molar-refractivity contribution in [1.29, 1.82) is 0 Å². The smallest absolute Gasteiger partial charge is 0.257 e. The van der Waals surface area contributed by atoms with Gasteiger partial charge in [-0.05, 0) is 30.9 Å². The van der Waals surface area contributed by atoms with Crippen LogP contribution >= 0.6 is 15.9 Å². The summed E-state index contributed by atoms with van der Waals surface area (Å²) in [5.41, 5.74) is 0.678. The molecular weight excluding hydrogens is 306 g/mol. The molecule has 3 nitrogen and oxygen atoms in total. The molecule has 1 aliphatic heterocycles. The van der Waals surface area contributed by atoms with Gasteiger partial charge in [0.1, 0.15) is 5.75 Å². The third-order valence-electron chi connectivity index (χ3n) is 3.40. The van der Waals surface area contributed by atoms with Crippen molar-refractivity contribution in [3.63, 3.8) is 0 Å². The number of carbonyl (C=O) groups excluding carboxylic acids is 1. The van der Waals surface area contributed by atoms with Crippen LogP contribution in [0.5, 0.6) is 5.75 Å². The number of benzene rings is 1. The molecule has 1 aromatic rings. The molecule has 2 rings (SSSR count). The molecule has 0 saturated carbocycles. The quantitative estimate of drug-likeness (QED) is 0.795. The van der Waals surface area contributed by atoms with Crippen LogP contribution in [0.15, 0.2) is 24.3 Å². The Hall–Kier alpha value is -1.03. The molecule has 104 valence electrons. The Morgan fingerprint density at radius 3 is 3.00 bits per heavy atom. The molecule has 1 amide bonds. The summed E-state index contributed by atoms with van der Waals surface area (Å²) in [7, 11) is 0. The summed E-state index contributed by atoms with van der Waals surface area (Å²) in [4.78, 5) is 14.5. The van der Waals surface area contributed by atoms with Gasteiger partial charge in [-0.15, -0.1) is 0 Å². The summed E-state index contributed by atoms with van der Waals surface area (Å²) in [5.74, 6) is 1.37. The highest BCUT2D eigenvalue weighted by Crippen LogP contribution is 2.23. The van der Waals surface area contributed by atoms with Crippen LogP contribution in [0.4, 0.5) is 0 Å². The Morgan fingerprint density at radius 2 is 2.26 bits per heavy atom. The Labute approximate surface area is 123 Å². The number of hydrogen-bond acceptors (Lipinski definition) is 2. The molecule has 1 fully saturated rings. The lowest BCUT2D eigenvalue weighted by atomic mass is 9.99. The van der Waals surface area contributed by atoms with Crippen molar-refractivity contribution in [2.45, 2.75) is 19.8 Å².